The van der Waals surface area contributed by atoms with E-state index in [2.05, 4.69) is 10.4 Å². The van der Waals surface area contributed by atoms with Gasteiger partial charge < -0.3 is 5.32 Å². The molecule has 1 fully saturated rings. The summed E-state index contributed by atoms with van der Waals surface area (Å²) in [6.07, 6.45) is 1.54. The average molecular weight is 340 g/mol. The quantitative estimate of drug-likeness (QED) is 0.825. The zero-order valence-corrected chi connectivity index (χ0v) is 12.5. The predicted octanol–water partition coefficient (Wildman–Crippen LogP) is -0.147. The molecular weight excluding hydrogens is 329 g/mol. The van der Waals surface area contributed by atoms with Gasteiger partial charge in [0.25, 0.3) is 5.56 Å². The van der Waals surface area contributed by atoms with E-state index < -0.39 is 27.3 Å². The van der Waals surface area contributed by atoms with Gasteiger partial charge >= 0.3 is 0 Å². The third-order valence-corrected chi connectivity index (χ3v) is 5.35. The Morgan fingerprint density at radius 1 is 1.50 bits per heavy atom. The molecule has 1 aromatic heterocycles. The number of amides is 1. The van der Waals surface area contributed by atoms with Gasteiger partial charge in [0.05, 0.1) is 22.7 Å². The number of hydrogen-bond acceptors (Lipinski definition) is 5. The lowest BCUT2D eigenvalue weighted by atomic mass is 10.2. The van der Waals surface area contributed by atoms with Gasteiger partial charge in [0.15, 0.2) is 9.84 Å². The second-order valence-corrected chi connectivity index (χ2v) is 7.45. The molecule has 0 bridgehead atoms. The van der Waals surface area contributed by atoms with Gasteiger partial charge in [-0.05, 0) is 6.42 Å². The summed E-state index contributed by atoms with van der Waals surface area (Å²) in [4.78, 5) is 23.4. The normalized spacial score (nSPS) is 20.8. The Labute approximate surface area is 124 Å². The lowest BCUT2D eigenvalue weighted by Crippen LogP contribution is -2.40. The van der Waals surface area contributed by atoms with Crippen molar-refractivity contribution in [2.24, 2.45) is 0 Å². The number of rotatable bonds is 3. The Balaban J connectivity index is 2.03. The summed E-state index contributed by atoms with van der Waals surface area (Å²) >= 11 is 11.3. The van der Waals surface area contributed by atoms with Crippen molar-refractivity contribution in [3.05, 3.63) is 26.6 Å². The van der Waals surface area contributed by atoms with Crippen LogP contribution in [0, 0.1) is 0 Å². The minimum Gasteiger partial charge on any atom is -0.351 e. The number of hydrogen-bond donors (Lipinski definition) is 1. The van der Waals surface area contributed by atoms with Crippen LogP contribution in [0.15, 0.2) is 11.0 Å². The lowest BCUT2D eigenvalue weighted by molar-refractivity contribution is -0.122. The number of aromatic nitrogens is 2. The highest BCUT2D eigenvalue weighted by Gasteiger charge is 2.29. The first-order valence-electron chi connectivity index (χ1n) is 5.69. The summed E-state index contributed by atoms with van der Waals surface area (Å²) in [5.41, 5.74) is -0.673. The molecule has 1 aromatic rings. The van der Waals surface area contributed by atoms with E-state index >= 15 is 0 Å². The summed E-state index contributed by atoms with van der Waals surface area (Å²) in [5, 5.41) is 6.04. The van der Waals surface area contributed by atoms with Crippen molar-refractivity contribution in [1.29, 1.82) is 0 Å². The van der Waals surface area contributed by atoms with E-state index in [1.54, 1.807) is 0 Å². The van der Waals surface area contributed by atoms with E-state index in [9.17, 15) is 18.0 Å². The van der Waals surface area contributed by atoms with Gasteiger partial charge in [0, 0.05) is 6.04 Å². The van der Waals surface area contributed by atoms with Crippen molar-refractivity contribution in [2.75, 3.05) is 11.5 Å². The van der Waals surface area contributed by atoms with Crippen molar-refractivity contribution in [3.8, 4) is 0 Å². The Morgan fingerprint density at radius 2 is 2.20 bits per heavy atom. The molecule has 110 valence electrons. The predicted molar refractivity (Wildman–Crippen MR) is 73.7 cm³/mol. The second-order valence-electron chi connectivity index (χ2n) is 4.44. The van der Waals surface area contributed by atoms with Crippen molar-refractivity contribution in [1.82, 2.24) is 15.1 Å². The van der Waals surface area contributed by atoms with Gasteiger partial charge in [-0.2, -0.15) is 5.10 Å². The van der Waals surface area contributed by atoms with Gasteiger partial charge in [0.2, 0.25) is 5.91 Å². The fourth-order valence-corrected chi connectivity index (χ4v) is 3.82. The van der Waals surface area contributed by atoms with Crippen LogP contribution in [0.4, 0.5) is 0 Å². The van der Waals surface area contributed by atoms with Crippen LogP contribution in [0.2, 0.25) is 10.0 Å². The Bertz CT molecular complexity index is 701. The summed E-state index contributed by atoms with van der Waals surface area (Å²) in [6, 6.07) is -0.425. The van der Waals surface area contributed by atoms with Crippen LogP contribution in [-0.2, 0) is 21.2 Å². The maximum absolute atomic E-state index is 11.7. The smallest absolute Gasteiger partial charge is 0.287 e. The van der Waals surface area contributed by atoms with Crippen molar-refractivity contribution >= 4 is 38.9 Å². The monoisotopic (exact) mass is 339 g/mol. The molecule has 0 unspecified atom stereocenters. The van der Waals surface area contributed by atoms with E-state index in [1.165, 1.54) is 6.20 Å². The van der Waals surface area contributed by atoms with Gasteiger partial charge in [-0.3, -0.25) is 9.59 Å². The molecule has 0 spiro atoms. The van der Waals surface area contributed by atoms with Gasteiger partial charge in [-0.1, -0.05) is 23.2 Å². The minimum absolute atomic E-state index is 0.00945. The van der Waals surface area contributed by atoms with E-state index in [0.29, 0.717) is 6.42 Å². The minimum atomic E-state index is -3.07. The molecule has 7 nitrogen and oxygen atoms in total. The first kappa shape index (κ1) is 15.3. The second kappa shape index (κ2) is 5.71. The maximum Gasteiger partial charge on any atom is 0.287 e. The van der Waals surface area contributed by atoms with Gasteiger partial charge in [0.1, 0.15) is 11.6 Å². The van der Waals surface area contributed by atoms with Crippen molar-refractivity contribution < 1.29 is 13.2 Å². The van der Waals surface area contributed by atoms with Gasteiger partial charge in [-0.25, -0.2) is 13.1 Å². The lowest BCUT2D eigenvalue weighted by Gasteiger charge is -2.11. The maximum atomic E-state index is 11.7. The molecule has 0 saturated carbocycles. The standard InChI is InChI=1S/C10H11Cl2N3O4S/c11-7-3-13-15(10(17)9(7)12)4-8(16)14-6-1-2-20(18,19)5-6/h3,6H,1-2,4-5H2,(H,14,16)/t6-/m1/s1. The summed E-state index contributed by atoms with van der Waals surface area (Å²) in [5.74, 6) is -0.522. The van der Waals surface area contributed by atoms with Crippen molar-refractivity contribution in [3.63, 3.8) is 0 Å². The van der Waals surface area contributed by atoms with Crippen LogP contribution < -0.4 is 10.9 Å². The molecule has 2 rings (SSSR count). The van der Waals surface area contributed by atoms with Crippen LogP contribution in [0.1, 0.15) is 6.42 Å². The Hall–Kier alpha value is -1.12. The van der Waals surface area contributed by atoms with E-state index in [-0.39, 0.29) is 28.1 Å². The fraction of sp³-hybridized carbons (Fsp3) is 0.500. The summed E-state index contributed by atoms with van der Waals surface area (Å²) < 4.78 is 23.4. The molecule has 1 aliphatic rings. The van der Waals surface area contributed by atoms with Crippen LogP contribution in [0.25, 0.3) is 0 Å². The van der Waals surface area contributed by atoms with Crippen LogP contribution >= 0.6 is 23.2 Å². The molecule has 1 N–H and O–H groups in total. The molecule has 1 atom stereocenters. The first-order valence-corrected chi connectivity index (χ1v) is 8.27. The Kier molecular flexibility index (Phi) is 4.36. The molecule has 0 radical (unpaired) electrons. The number of sulfone groups is 1. The zero-order chi connectivity index (χ0) is 14.9. The third kappa shape index (κ3) is 3.50. The molecule has 1 amide bonds. The summed E-state index contributed by atoms with van der Waals surface area (Å²) in [7, 11) is -3.07. The molecule has 10 heteroatoms. The highest BCUT2D eigenvalue weighted by Crippen LogP contribution is 2.14. The molecule has 2 heterocycles. The van der Waals surface area contributed by atoms with Crippen LogP contribution in [0.3, 0.4) is 0 Å². The summed E-state index contributed by atoms with van der Waals surface area (Å²) in [6.45, 7) is -0.341. The van der Waals surface area contributed by atoms with Gasteiger partial charge in [-0.15, -0.1) is 0 Å². The zero-order valence-electron chi connectivity index (χ0n) is 10.2. The topological polar surface area (TPSA) is 98.1 Å². The molecule has 20 heavy (non-hydrogen) atoms. The number of nitrogens with one attached hydrogen (secondary N) is 1. The SMILES string of the molecule is O=C(Cn1ncc(Cl)c(Cl)c1=O)N[C@@H]1CCS(=O)(=O)C1. The third-order valence-electron chi connectivity index (χ3n) is 2.83. The van der Waals surface area contributed by atoms with E-state index in [0.717, 1.165) is 4.68 Å². The largest absolute Gasteiger partial charge is 0.351 e. The number of nitrogens with zero attached hydrogens (tertiary/aromatic N) is 2. The number of halogens is 2. The number of carbonyl (C=O) groups excluding carboxylic acids is 1. The van der Waals surface area contributed by atoms with Crippen molar-refractivity contribution in [2.45, 2.75) is 19.0 Å². The molecule has 0 aromatic carbocycles. The Morgan fingerprint density at radius 3 is 2.80 bits per heavy atom. The molecule has 1 saturated heterocycles. The van der Waals surface area contributed by atoms with Crippen LogP contribution in [-0.4, -0.2) is 41.7 Å². The molecule has 0 aliphatic carbocycles. The molecule has 1 aliphatic heterocycles. The highest BCUT2D eigenvalue weighted by molar-refractivity contribution is 7.91. The number of carbonyl (C=O) groups is 1. The average Bonchev–Trinajstić information content (AvgIpc) is 2.69. The molecular formula is C10H11Cl2N3O4S. The van der Waals surface area contributed by atoms with E-state index in [1.807, 2.05) is 0 Å². The first-order chi connectivity index (χ1) is 9.28. The van der Waals surface area contributed by atoms with Crippen LogP contribution in [0.5, 0.6) is 0 Å². The highest BCUT2D eigenvalue weighted by atomic mass is 35.5. The fourth-order valence-electron chi connectivity index (χ4n) is 1.88. The van der Waals surface area contributed by atoms with E-state index in [4.69, 9.17) is 23.2 Å².